The Morgan fingerprint density at radius 3 is 2.71 bits per heavy atom. The molecular weight excluding hydrogens is 172 g/mol. The average molecular weight is 198 g/mol. The minimum Gasteiger partial charge on any atom is -0.317 e. The summed E-state index contributed by atoms with van der Waals surface area (Å²) in [6.45, 7) is 10.9. The van der Waals surface area contributed by atoms with Crippen LogP contribution in [0.25, 0.3) is 0 Å². The van der Waals surface area contributed by atoms with Gasteiger partial charge in [-0.15, -0.1) is 0 Å². The van der Waals surface area contributed by atoms with E-state index in [2.05, 4.69) is 31.0 Å². The zero-order chi connectivity index (χ0) is 10.6. The number of rotatable bonds is 4. The molecule has 1 aliphatic rings. The predicted octanol–water partition coefficient (Wildman–Crippen LogP) is 2.11. The normalized spacial score (nSPS) is 24.9. The topological polar surface area (TPSA) is 15.3 Å². The molecule has 84 valence electrons. The van der Waals surface area contributed by atoms with E-state index in [0.717, 1.165) is 0 Å². The van der Waals surface area contributed by atoms with Gasteiger partial charge in [0, 0.05) is 12.6 Å². The summed E-state index contributed by atoms with van der Waals surface area (Å²) in [7, 11) is 2.05. The Labute approximate surface area is 89.1 Å². The molecule has 2 nitrogen and oxygen atoms in total. The summed E-state index contributed by atoms with van der Waals surface area (Å²) in [6, 6.07) is 0.653. The summed E-state index contributed by atoms with van der Waals surface area (Å²) < 4.78 is 0. The third-order valence-corrected chi connectivity index (χ3v) is 3.35. The van der Waals surface area contributed by atoms with Crippen LogP contribution in [0.3, 0.4) is 0 Å². The van der Waals surface area contributed by atoms with Crippen LogP contribution in [-0.2, 0) is 0 Å². The van der Waals surface area contributed by atoms with Gasteiger partial charge in [-0.25, -0.2) is 0 Å². The van der Waals surface area contributed by atoms with E-state index in [9.17, 15) is 0 Å². The molecule has 0 aromatic rings. The monoisotopic (exact) mass is 198 g/mol. The molecule has 0 saturated carbocycles. The Balaban J connectivity index is 2.24. The van der Waals surface area contributed by atoms with Crippen molar-refractivity contribution in [3.8, 4) is 0 Å². The molecule has 14 heavy (non-hydrogen) atoms. The predicted molar refractivity (Wildman–Crippen MR) is 62.6 cm³/mol. The van der Waals surface area contributed by atoms with Crippen LogP contribution < -0.4 is 5.32 Å². The molecule has 2 heteroatoms. The second-order valence-electron chi connectivity index (χ2n) is 5.52. The second kappa shape index (κ2) is 5.13. The Kier molecular flexibility index (Phi) is 4.39. The van der Waals surface area contributed by atoms with Gasteiger partial charge in [0.25, 0.3) is 0 Å². The van der Waals surface area contributed by atoms with Gasteiger partial charge in [-0.3, -0.25) is 0 Å². The van der Waals surface area contributed by atoms with Crippen LogP contribution in [-0.4, -0.2) is 37.6 Å². The summed E-state index contributed by atoms with van der Waals surface area (Å²) in [4.78, 5) is 2.62. The van der Waals surface area contributed by atoms with Gasteiger partial charge in [0.05, 0.1) is 0 Å². The third kappa shape index (κ3) is 3.97. The minimum atomic E-state index is 0.543. The molecule has 1 fully saturated rings. The van der Waals surface area contributed by atoms with Gasteiger partial charge in [-0.1, -0.05) is 13.8 Å². The van der Waals surface area contributed by atoms with Crippen LogP contribution in [0.2, 0.25) is 0 Å². The standard InChI is InChI=1S/C12H26N2/c1-11(13-4)6-9-14-8-5-7-12(2,3)10-14/h11,13H,5-10H2,1-4H3. The van der Waals surface area contributed by atoms with Gasteiger partial charge in [-0.05, 0) is 51.7 Å². The number of piperidine rings is 1. The zero-order valence-electron chi connectivity index (χ0n) is 10.3. The lowest BCUT2D eigenvalue weighted by atomic mass is 9.84. The van der Waals surface area contributed by atoms with Crippen LogP contribution in [0.4, 0.5) is 0 Å². The van der Waals surface area contributed by atoms with E-state index in [-0.39, 0.29) is 0 Å². The first-order valence-electron chi connectivity index (χ1n) is 5.93. The largest absolute Gasteiger partial charge is 0.317 e. The third-order valence-electron chi connectivity index (χ3n) is 3.35. The first-order valence-corrected chi connectivity index (χ1v) is 5.93. The van der Waals surface area contributed by atoms with Crippen molar-refractivity contribution in [3.05, 3.63) is 0 Å². The Morgan fingerprint density at radius 2 is 2.14 bits per heavy atom. The van der Waals surface area contributed by atoms with E-state index in [1.54, 1.807) is 0 Å². The summed E-state index contributed by atoms with van der Waals surface area (Å²) >= 11 is 0. The van der Waals surface area contributed by atoms with Gasteiger partial charge in [0.15, 0.2) is 0 Å². The fourth-order valence-electron chi connectivity index (χ4n) is 2.26. The number of hydrogen-bond acceptors (Lipinski definition) is 2. The van der Waals surface area contributed by atoms with Gasteiger partial charge in [-0.2, -0.15) is 0 Å². The number of hydrogen-bond donors (Lipinski definition) is 1. The van der Waals surface area contributed by atoms with Crippen molar-refractivity contribution in [1.82, 2.24) is 10.2 Å². The fourth-order valence-corrected chi connectivity index (χ4v) is 2.26. The molecule has 1 rings (SSSR count). The lowest BCUT2D eigenvalue weighted by Gasteiger charge is -2.38. The van der Waals surface area contributed by atoms with Crippen LogP contribution in [0.1, 0.15) is 40.0 Å². The second-order valence-corrected chi connectivity index (χ2v) is 5.52. The molecule has 0 amide bonds. The molecule has 0 spiro atoms. The first kappa shape index (κ1) is 12.0. The highest BCUT2D eigenvalue weighted by Gasteiger charge is 2.25. The van der Waals surface area contributed by atoms with E-state index in [0.29, 0.717) is 11.5 Å². The van der Waals surface area contributed by atoms with Crippen LogP contribution in [0.15, 0.2) is 0 Å². The molecule has 1 heterocycles. The lowest BCUT2D eigenvalue weighted by molar-refractivity contribution is 0.114. The molecule has 1 unspecified atom stereocenters. The van der Waals surface area contributed by atoms with Crippen molar-refractivity contribution >= 4 is 0 Å². The molecule has 0 bridgehead atoms. The van der Waals surface area contributed by atoms with Crippen LogP contribution in [0, 0.1) is 5.41 Å². The number of likely N-dealkylation sites (tertiary alicyclic amines) is 1. The summed E-state index contributed by atoms with van der Waals surface area (Å²) in [5.41, 5.74) is 0.543. The van der Waals surface area contributed by atoms with E-state index in [1.807, 2.05) is 7.05 Å². The molecule has 1 aliphatic heterocycles. The molecule has 1 saturated heterocycles. The minimum absolute atomic E-state index is 0.543. The molecule has 0 aromatic heterocycles. The maximum Gasteiger partial charge on any atom is 0.00479 e. The number of nitrogens with one attached hydrogen (secondary N) is 1. The molecule has 0 radical (unpaired) electrons. The van der Waals surface area contributed by atoms with Gasteiger partial charge >= 0.3 is 0 Å². The SMILES string of the molecule is CNC(C)CCN1CCCC(C)(C)C1. The van der Waals surface area contributed by atoms with E-state index < -0.39 is 0 Å². The number of nitrogens with zero attached hydrogens (tertiary/aromatic N) is 1. The Bertz CT molecular complexity index is 166. The highest BCUT2D eigenvalue weighted by Crippen LogP contribution is 2.28. The van der Waals surface area contributed by atoms with E-state index in [4.69, 9.17) is 0 Å². The van der Waals surface area contributed by atoms with Crippen molar-refractivity contribution < 1.29 is 0 Å². The van der Waals surface area contributed by atoms with Gasteiger partial charge in [0.1, 0.15) is 0 Å². The molecule has 0 aliphatic carbocycles. The van der Waals surface area contributed by atoms with Crippen LogP contribution in [0.5, 0.6) is 0 Å². The van der Waals surface area contributed by atoms with Crippen molar-refractivity contribution in [3.63, 3.8) is 0 Å². The lowest BCUT2D eigenvalue weighted by Crippen LogP contribution is -2.41. The van der Waals surface area contributed by atoms with Crippen molar-refractivity contribution in [2.75, 3.05) is 26.7 Å². The van der Waals surface area contributed by atoms with E-state index >= 15 is 0 Å². The Hall–Kier alpha value is -0.0800. The highest BCUT2D eigenvalue weighted by molar-refractivity contribution is 4.80. The fraction of sp³-hybridized carbons (Fsp3) is 1.00. The van der Waals surface area contributed by atoms with Crippen molar-refractivity contribution in [1.29, 1.82) is 0 Å². The molecule has 1 N–H and O–H groups in total. The van der Waals surface area contributed by atoms with Crippen molar-refractivity contribution in [2.24, 2.45) is 5.41 Å². The molecule has 1 atom stereocenters. The van der Waals surface area contributed by atoms with E-state index in [1.165, 1.54) is 38.9 Å². The van der Waals surface area contributed by atoms with Crippen LogP contribution >= 0.6 is 0 Å². The first-order chi connectivity index (χ1) is 6.53. The smallest absolute Gasteiger partial charge is 0.00479 e. The zero-order valence-corrected chi connectivity index (χ0v) is 10.3. The molecule has 0 aromatic carbocycles. The van der Waals surface area contributed by atoms with Gasteiger partial charge < -0.3 is 10.2 Å². The highest BCUT2D eigenvalue weighted by atomic mass is 15.1. The average Bonchev–Trinajstić information content (AvgIpc) is 2.12. The van der Waals surface area contributed by atoms with Crippen molar-refractivity contribution in [2.45, 2.75) is 46.1 Å². The maximum absolute atomic E-state index is 3.30. The maximum atomic E-state index is 3.30. The Morgan fingerprint density at radius 1 is 1.43 bits per heavy atom. The summed E-state index contributed by atoms with van der Waals surface area (Å²) in [5.74, 6) is 0. The summed E-state index contributed by atoms with van der Waals surface area (Å²) in [6.07, 6.45) is 4.04. The van der Waals surface area contributed by atoms with Gasteiger partial charge in [0.2, 0.25) is 0 Å². The summed E-state index contributed by atoms with van der Waals surface area (Å²) in [5, 5.41) is 3.30. The quantitative estimate of drug-likeness (QED) is 0.744. The molecular formula is C12H26N2.